The van der Waals surface area contributed by atoms with Crippen LogP contribution >= 0.6 is 0 Å². The maximum Gasteiger partial charge on any atom is 0.261 e. The largest absolute Gasteiger partial charge is 0.343 e. The van der Waals surface area contributed by atoms with Gasteiger partial charge < -0.3 is 4.90 Å². The number of rotatable bonds is 7. The van der Waals surface area contributed by atoms with Crippen molar-refractivity contribution >= 4 is 17.7 Å². The van der Waals surface area contributed by atoms with Gasteiger partial charge >= 0.3 is 0 Å². The molecule has 0 spiro atoms. The van der Waals surface area contributed by atoms with E-state index in [1.54, 1.807) is 24.3 Å². The molecule has 0 aliphatic carbocycles. The normalized spacial score (nSPS) is 16.1. The second-order valence-corrected chi connectivity index (χ2v) is 9.07. The second kappa shape index (κ2) is 9.64. The van der Waals surface area contributed by atoms with Gasteiger partial charge in [-0.3, -0.25) is 19.3 Å². The van der Waals surface area contributed by atoms with Gasteiger partial charge in [-0.05, 0) is 54.5 Å². The fourth-order valence-corrected chi connectivity index (χ4v) is 5.01. The maximum atomic E-state index is 13.2. The SMILES string of the molecule is O=C(CCC(Cc1ccc(-c2ccccc2)cc1)N1C(=O)c2ccccc2C1=O)N1CCCC1. The number of hydrogen-bond donors (Lipinski definition) is 0. The molecule has 0 N–H and O–H groups in total. The molecule has 0 bridgehead atoms. The van der Waals surface area contributed by atoms with Gasteiger partial charge in [0.25, 0.3) is 11.8 Å². The molecule has 3 aromatic rings. The van der Waals surface area contributed by atoms with Gasteiger partial charge in [0.2, 0.25) is 5.91 Å². The fourth-order valence-electron chi connectivity index (χ4n) is 5.01. The smallest absolute Gasteiger partial charge is 0.261 e. The van der Waals surface area contributed by atoms with E-state index >= 15 is 0 Å². The summed E-state index contributed by atoms with van der Waals surface area (Å²) in [6.07, 6.45) is 3.40. The van der Waals surface area contributed by atoms with Crippen LogP contribution in [0.4, 0.5) is 0 Å². The topological polar surface area (TPSA) is 57.7 Å². The summed E-state index contributed by atoms with van der Waals surface area (Å²) in [5.74, 6) is -0.418. The van der Waals surface area contributed by atoms with E-state index in [-0.39, 0.29) is 23.8 Å². The summed E-state index contributed by atoms with van der Waals surface area (Å²) in [6, 6.07) is 25.0. The summed E-state index contributed by atoms with van der Waals surface area (Å²) >= 11 is 0. The summed E-state index contributed by atoms with van der Waals surface area (Å²) in [5.41, 5.74) is 4.19. The Morgan fingerprint density at radius 3 is 1.91 bits per heavy atom. The first-order valence-electron chi connectivity index (χ1n) is 12.0. The van der Waals surface area contributed by atoms with Crippen molar-refractivity contribution in [1.82, 2.24) is 9.80 Å². The third kappa shape index (κ3) is 4.38. The maximum absolute atomic E-state index is 13.2. The molecule has 1 unspecified atom stereocenters. The van der Waals surface area contributed by atoms with Crippen LogP contribution in [0.25, 0.3) is 11.1 Å². The standard InChI is InChI=1S/C29H28N2O3/c32-27(30-18-6-7-19-30)17-16-24(31-28(33)25-10-4-5-11-26(25)29(31)34)20-21-12-14-23(15-13-21)22-8-2-1-3-9-22/h1-5,8-15,24H,6-7,16-20H2. The van der Waals surface area contributed by atoms with E-state index in [9.17, 15) is 14.4 Å². The summed E-state index contributed by atoms with van der Waals surface area (Å²) in [5, 5.41) is 0. The molecular formula is C29H28N2O3. The molecule has 172 valence electrons. The van der Waals surface area contributed by atoms with E-state index in [0.717, 1.165) is 42.6 Å². The van der Waals surface area contributed by atoms with Gasteiger partial charge in [-0.1, -0.05) is 66.7 Å². The number of likely N-dealkylation sites (tertiary alicyclic amines) is 1. The molecule has 0 saturated carbocycles. The molecule has 34 heavy (non-hydrogen) atoms. The highest BCUT2D eigenvalue weighted by molar-refractivity contribution is 6.21. The van der Waals surface area contributed by atoms with Crippen molar-refractivity contribution in [1.29, 1.82) is 0 Å². The van der Waals surface area contributed by atoms with Crippen LogP contribution in [0.2, 0.25) is 0 Å². The molecule has 2 aliphatic heterocycles. The summed E-state index contributed by atoms with van der Waals surface area (Å²) < 4.78 is 0. The first kappa shape index (κ1) is 22.1. The third-order valence-electron chi connectivity index (χ3n) is 6.87. The van der Waals surface area contributed by atoms with E-state index in [4.69, 9.17) is 0 Å². The number of benzene rings is 3. The van der Waals surface area contributed by atoms with Crippen molar-refractivity contribution < 1.29 is 14.4 Å². The van der Waals surface area contributed by atoms with Crippen LogP contribution in [0.5, 0.6) is 0 Å². The Labute approximate surface area is 200 Å². The molecule has 5 heteroatoms. The first-order chi connectivity index (χ1) is 16.6. The molecule has 2 aliphatic rings. The number of carbonyl (C=O) groups is 3. The van der Waals surface area contributed by atoms with Crippen molar-refractivity contribution in [3.63, 3.8) is 0 Å². The lowest BCUT2D eigenvalue weighted by atomic mass is 9.97. The minimum Gasteiger partial charge on any atom is -0.343 e. The molecule has 1 saturated heterocycles. The fraction of sp³-hybridized carbons (Fsp3) is 0.276. The van der Waals surface area contributed by atoms with Crippen LogP contribution in [0.3, 0.4) is 0 Å². The highest BCUT2D eigenvalue weighted by Crippen LogP contribution is 2.29. The molecule has 3 aromatic carbocycles. The lowest BCUT2D eigenvalue weighted by Gasteiger charge is -2.27. The van der Waals surface area contributed by atoms with Crippen molar-refractivity contribution in [3.05, 3.63) is 95.6 Å². The van der Waals surface area contributed by atoms with Gasteiger partial charge in [0.1, 0.15) is 0 Å². The van der Waals surface area contributed by atoms with E-state index in [1.807, 2.05) is 23.1 Å². The average Bonchev–Trinajstić information content (AvgIpc) is 3.51. The Bertz CT molecular complexity index is 1160. The third-order valence-corrected chi connectivity index (χ3v) is 6.87. The van der Waals surface area contributed by atoms with Gasteiger partial charge in [-0.15, -0.1) is 0 Å². The molecule has 1 atom stereocenters. The number of carbonyl (C=O) groups excluding carboxylic acids is 3. The number of fused-ring (bicyclic) bond motifs is 1. The van der Waals surface area contributed by atoms with Crippen molar-refractivity contribution in [2.45, 2.75) is 38.1 Å². The summed E-state index contributed by atoms with van der Waals surface area (Å²) in [4.78, 5) is 42.4. The molecule has 0 aromatic heterocycles. The van der Waals surface area contributed by atoms with Crippen LogP contribution < -0.4 is 0 Å². The zero-order chi connectivity index (χ0) is 23.5. The molecule has 2 heterocycles. The number of amides is 3. The van der Waals surface area contributed by atoms with Crippen molar-refractivity contribution in [3.8, 4) is 11.1 Å². The van der Waals surface area contributed by atoms with E-state index in [1.165, 1.54) is 4.90 Å². The Morgan fingerprint density at radius 2 is 1.29 bits per heavy atom. The zero-order valence-electron chi connectivity index (χ0n) is 19.2. The lowest BCUT2D eigenvalue weighted by Crippen LogP contribution is -2.42. The van der Waals surface area contributed by atoms with Crippen LogP contribution in [-0.4, -0.2) is 46.7 Å². The summed E-state index contributed by atoms with van der Waals surface area (Å²) in [7, 11) is 0. The van der Waals surface area contributed by atoms with Crippen LogP contribution in [0.1, 0.15) is 52.0 Å². The lowest BCUT2D eigenvalue weighted by molar-refractivity contribution is -0.130. The number of hydrogen-bond acceptors (Lipinski definition) is 3. The van der Waals surface area contributed by atoms with E-state index < -0.39 is 0 Å². The second-order valence-electron chi connectivity index (χ2n) is 9.07. The van der Waals surface area contributed by atoms with Gasteiger partial charge in [0.15, 0.2) is 0 Å². The molecule has 3 amide bonds. The molecular weight excluding hydrogens is 424 g/mol. The zero-order valence-corrected chi connectivity index (χ0v) is 19.2. The van der Waals surface area contributed by atoms with E-state index in [2.05, 4.69) is 36.4 Å². The summed E-state index contributed by atoms with van der Waals surface area (Å²) in [6.45, 7) is 1.61. The van der Waals surface area contributed by atoms with Gasteiger partial charge in [0, 0.05) is 25.6 Å². The number of nitrogens with zero attached hydrogens (tertiary/aromatic N) is 2. The first-order valence-corrected chi connectivity index (χ1v) is 12.0. The van der Waals surface area contributed by atoms with Gasteiger partial charge in [-0.2, -0.15) is 0 Å². The quantitative estimate of drug-likeness (QED) is 0.476. The van der Waals surface area contributed by atoms with Crippen molar-refractivity contribution in [2.24, 2.45) is 0 Å². The minimum atomic E-state index is -0.374. The predicted molar refractivity (Wildman–Crippen MR) is 131 cm³/mol. The van der Waals surface area contributed by atoms with Crippen LogP contribution in [-0.2, 0) is 11.2 Å². The Hall–Kier alpha value is -3.73. The van der Waals surface area contributed by atoms with Gasteiger partial charge in [-0.25, -0.2) is 0 Å². The monoisotopic (exact) mass is 452 g/mol. The highest BCUT2D eigenvalue weighted by atomic mass is 16.2. The Kier molecular flexibility index (Phi) is 6.26. The Morgan fingerprint density at radius 1 is 0.735 bits per heavy atom. The van der Waals surface area contributed by atoms with Gasteiger partial charge in [0.05, 0.1) is 11.1 Å². The van der Waals surface area contributed by atoms with Crippen molar-refractivity contribution in [2.75, 3.05) is 13.1 Å². The molecule has 1 fully saturated rings. The predicted octanol–water partition coefficient (Wildman–Crippen LogP) is 4.96. The molecule has 5 rings (SSSR count). The van der Waals surface area contributed by atoms with E-state index in [0.29, 0.717) is 30.4 Å². The Balaban J connectivity index is 1.37. The molecule has 5 nitrogen and oxygen atoms in total. The highest BCUT2D eigenvalue weighted by Gasteiger charge is 2.39. The molecule has 0 radical (unpaired) electrons. The van der Waals surface area contributed by atoms with Crippen LogP contribution in [0, 0.1) is 0 Å². The van der Waals surface area contributed by atoms with Crippen LogP contribution in [0.15, 0.2) is 78.9 Å². The average molecular weight is 453 g/mol. The minimum absolute atomic E-state index is 0.110. The number of imide groups is 1.